The van der Waals surface area contributed by atoms with Crippen molar-refractivity contribution >= 4 is 11.3 Å². The maximum Gasteiger partial charge on any atom is 0.0797 e. The Morgan fingerprint density at radius 3 is 2.37 bits per heavy atom. The van der Waals surface area contributed by atoms with E-state index in [0.717, 1.165) is 17.7 Å². The molecule has 0 saturated carbocycles. The predicted molar refractivity (Wildman–Crippen MR) is 77.5 cm³/mol. The maximum absolute atomic E-state index is 9.76. The van der Waals surface area contributed by atoms with E-state index in [0.29, 0.717) is 6.42 Å². The van der Waals surface area contributed by atoms with Crippen LogP contribution in [-0.2, 0) is 11.8 Å². The van der Waals surface area contributed by atoms with Gasteiger partial charge in [-0.3, -0.25) is 0 Å². The molecule has 19 heavy (non-hydrogen) atoms. The van der Waals surface area contributed by atoms with Crippen molar-refractivity contribution in [3.8, 4) is 0 Å². The van der Waals surface area contributed by atoms with Crippen LogP contribution in [-0.4, -0.2) is 28.4 Å². The average molecular weight is 277 g/mol. The second-order valence-corrected chi connectivity index (χ2v) is 5.76. The third-order valence-electron chi connectivity index (χ3n) is 3.67. The van der Waals surface area contributed by atoms with Gasteiger partial charge >= 0.3 is 0 Å². The summed E-state index contributed by atoms with van der Waals surface area (Å²) >= 11 is 1.63. The van der Waals surface area contributed by atoms with Crippen LogP contribution in [0.3, 0.4) is 0 Å². The van der Waals surface area contributed by atoms with Crippen molar-refractivity contribution in [2.75, 3.05) is 13.2 Å². The molecule has 3 nitrogen and oxygen atoms in total. The third-order valence-corrected chi connectivity index (χ3v) is 4.66. The molecule has 0 spiro atoms. The summed E-state index contributed by atoms with van der Waals surface area (Å²) in [5.74, 6) is 0. The first-order valence-corrected chi connectivity index (χ1v) is 7.26. The quantitative estimate of drug-likeness (QED) is 0.852. The fourth-order valence-corrected chi connectivity index (χ4v) is 3.03. The molecule has 1 heterocycles. The normalized spacial score (nSPS) is 11.7. The van der Waals surface area contributed by atoms with Gasteiger partial charge in [-0.1, -0.05) is 30.3 Å². The Bertz CT molecular complexity index is 506. The summed E-state index contributed by atoms with van der Waals surface area (Å²) in [7, 11) is 0. The number of hydrogen-bond donors (Lipinski definition) is 2. The first-order valence-electron chi connectivity index (χ1n) is 6.38. The van der Waals surface area contributed by atoms with E-state index in [9.17, 15) is 10.2 Å². The first-order chi connectivity index (χ1) is 9.22. The molecule has 2 rings (SSSR count). The van der Waals surface area contributed by atoms with Gasteiger partial charge in [-0.05, 0) is 25.3 Å². The minimum absolute atomic E-state index is 0.0502. The summed E-state index contributed by atoms with van der Waals surface area (Å²) in [6, 6.07) is 9.75. The molecule has 0 saturated heterocycles. The lowest BCUT2D eigenvalue weighted by Crippen LogP contribution is -2.35. The number of rotatable bonds is 6. The average Bonchev–Trinajstić information content (AvgIpc) is 2.87. The van der Waals surface area contributed by atoms with Gasteiger partial charge in [-0.2, -0.15) is 0 Å². The Labute approximate surface area is 117 Å². The molecule has 0 aliphatic carbocycles. The fourth-order valence-electron chi connectivity index (χ4n) is 2.25. The standard InChI is InChI=1S/C15H19NO2S/c1-12-14(19-11-16-12)7-8-15(9-17,10-18)13-5-3-2-4-6-13/h2-6,11,17-18H,7-10H2,1H3. The van der Waals surface area contributed by atoms with Crippen LogP contribution in [0.15, 0.2) is 35.8 Å². The lowest BCUT2D eigenvalue weighted by atomic mass is 9.78. The summed E-state index contributed by atoms with van der Waals surface area (Å²) in [6.07, 6.45) is 1.54. The first kappa shape index (κ1) is 14.2. The van der Waals surface area contributed by atoms with Gasteiger partial charge in [-0.25, -0.2) is 4.98 Å². The highest BCUT2D eigenvalue weighted by atomic mass is 32.1. The number of aliphatic hydroxyl groups excluding tert-OH is 2. The molecule has 0 bridgehead atoms. The molecule has 0 atom stereocenters. The summed E-state index contributed by atoms with van der Waals surface area (Å²) in [5, 5.41) is 19.5. The molecule has 2 aromatic rings. The summed E-state index contributed by atoms with van der Waals surface area (Å²) in [4.78, 5) is 5.46. The topological polar surface area (TPSA) is 53.4 Å². The molecule has 4 heteroatoms. The molecule has 1 aromatic heterocycles. The molecule has 0 fully saturated rings. The monoisotopic (exact) mass is 277 g/mol. The van der Waals surface area contributed by atoms with Crippen molar-refractivity contribution in [3.05, 3.63) is 52.0 Å². The van der Waals surface area contributed by atoms with E-state index in [-0.39, 0.29) is 13.2 Å². The van der Waals surface area contributed by atoms with E-state index in [2.05, 4.69) is 4.98 Å². The molecule has 0 aliphatic heterocycles. The number of aliphatic hydroxyl groups is 2. The summed E-state index contributed by atoms with van der Waals surface area (Å²) < 4.78 is 0. The zero-order valence-electron chi connectivity index (χ0n) is 11.0. The highest BCUT2D eigenvalue weighted by Crippen LogP contribution is 2.30. The highest BCUT2D eigenvalue weighted by molar-refractivity contribution is 7.09. The van der Waals surface area contributed by atoms with E-state index in [1.54, 1.807) is 11.3 Å². The minimum atomic E-state index is -0.572. The smallest absolute Gasteiger partial charge is 0.0797 e. The van der Waals surface area contributed by atoms with Gasteiger partial charge < -0.3 is 10.2 Å². The van der Waals surface area contributed by atoms with Crippen molar-refractivity contribution in [3.63, 3.8) is 0 Å². The van der Waals surface area contributed by atoms with E-state index >= 15 is 0 Å². The number of thiazole rings is 1. The lowest BCUT2D eigenvalue weighted by molar-refractivity contribution is 0.110. The molecule has 102 valence electrons. The summed E-state index contributed by atoms with van der Waals surface area (Å²) in [6.45, 7) is 1.89. The molecule has 0 aliphatic rings. The van der Waals surface area contributed by atoms with Crippen LogP contribution < -0.4 is 0 Å². The maximum atomic E-state index is 9.76. The Kier molecular flexibility index (Phi) is 4.69. The van der Waals surface area contributed by atoms with Crippen molar-refractivity contribution in [1.29, 1.82) is 0 Å². The van der Waals surface area contributed by atoms with Crippen molar-refractivity contribution in [2.45, 2.75) is 25.2 Å². The van der Waals surface area contributed by atoms with Crippen molar-refractivity contribution in [2.24, 2.45) is 0 Å². The Morgan fingerprint density at radius 1 is 1.16 bits per heavy atom. The molecule has 0 unspecified atom stereocenters. The van der Waals surface area contributed by atoms with Crippen LogP contribution in [0, 0.1) is 6.92 Å². The van der Waals surface area contributed by atoms with Crippen LogP contribution in [0.5, 0.6) is 0 Å². The van der Waals surface area contributed by atoms with Crippen LogP contribution in [0.2, 0.25) is 0 Å². The van der Waals surface area contributed by atoms with Crippen molar-refractivity contribution in [1.82, 2.24) is 4.98 Å². The van der Waals surface area contributed by atoms with E-state index in [4.69, 9.17) is 0 Å². The van der Waals surface area contributed by atoms with Crippen LogP contribution in [0.4, 0.5) is 0 Å². The van der Waals surface area contributed by atoms with Gasteiger partial charge in [0.1, 0.15) is 0 Å². The second kappa shape index (κ2) is 6.28. The molecule has 0 amide bonds. The van der Waals surface area contributed by atoms with Gasteiger partial charge in [0.05, 0.1) is 24.4 Å². The zero-order valence-corrected chi connectivity index (χ0v) is 11.9. The predicted octanol–water partition coefficient (Wildman–Crippen LogP) is 2.31. The highest BCUT2D eigenvalue weighted by Gasteiger charge is 2.30. The van der Waals surface area contributed by atoms with Gasteiger partial charge in [0, 0.05) is 10.3 Å². The number of aryl methyl sites for hydroxylation is 2. The van der Waals surface area contributed by atoms with E-state index in [1.165, 1.54) is 4.88 Å². The van der Waals surface area contributed by atoms with Crippen LogP contribution in [0.25, 0.3) is 0 Å². The van der Waals surface area contributed by atoms with E-state index in [1.807, 2.05) is 42.8 Å². The van der Waals surface area contributed by atoms with Gasteiger partial charge in [0.25, 0.3) is 0 Å². The van der Waals surface area contributed by atoms with Crippen LogP contribution >= 0.6 is 11.3 Å². The van der Waals surface area contributed by atoms with Gasteiger partial charge in [0.2, 0.25) is 0 Å². The second-order valence-electron chi connectivity index (χ2n) is 4.82. The van der Waals surface area contributed by atoms with Crippen LogP contribution in [0.1, 0.15) is 22.6 Å². The Balaban J connectivity index is 2.18. The Hall–Kier alpha value is -1.23. The number of hydrogen-bond acceptors (Lipinski definition) is 4. The molecule has 1 aromatic carbocycles. The van der Waals surface area contributed by atoms with Gasteiger partial charge in [0.15, 0.2) is 0 Å². The lowest BCUT2D eigenvalue weighted by Gasteiger charge is -2.30. The van der Waals surface area contributed by atoms with E-state index < -0.39 is 5.41 Å². The molecular formula is C15H19NO2S. The Morgan fingerprint density at radius 2 is 1.84 bits per heavy atom. The van der Waals surface area contributed by atoms with Gasteiger partial charge in [-0.15, -0.1) is 11.3 Å². The number of benzene rings is 1. The summed E-state index contributed by atoms with van der Waals surface area (Å²) in [5.41, 5.74) is 3.30. The molecular weight excluding hydrogens is 258 g/mol. The third kappa shape index (κ3) is 3.03. The number of nitrogens with zero attached hydrogens (tertiary/aromatic N) is 1. The SMILES string of the molecule is Cc1ncsc1CCC(CO)(CO)c1ccccc1. The van der Waals surface area contributed by atoms with Crippen molar-refractivity contribution < 1.29 is 10.2 Å². The fraction of sp³-hybridized carbons (Fsp3) is 0.400. The minimum Gasteiger partial charge on any atom is -0.395 e. The molecule has 2 N–H and O–H groups in total. The number of aromatic nitrogens is 1. The zero-order chi connectivity index (χ0) is 13.7. The largest absolute Gasteiger partial charge is 0.395 e. The molecule has 0 radical (unpaired) electrons.